The Morgan fingerprint density at radius 1 is 1.41 bits per heavy atom. The second-order valence-corrected chi connectivity index (χ2v) is 4.61. The number of hydrogen-bond donors (Lipinski definition) is 1. The topological polar surface area (TPSA) is 51.0 Å². The van der Waals surface area contributed by atoms with Gasteiger partial charge in [-0.25, -0.2) is 0 Å². The summed E-state index contributed by atoms with van der Waals surface area (Å²) < 4.78 is 6.26. The Morgan fingerprint density at radius 2 is 2.24 bits per heavy atom. The Labute approximate surface area is 109 Å². The van der Waals surface area contributed by atoms with E-state index in [0.29, 0.717) is 18.3 Å². The van der Waals surface area contributed by atoms with Crippen molar-refractivity contribution in [1.82, 2.24) is 15.5 Å². The van der Waals surface area contributed by atoms with Gasteiger partial charge in [-0.3, -0.25) is 0 Å². The van der Waals surface area contributed by atoms with Crippen LogP contribution in [0.25, 0.3) is 11.5 Å². The third-order valence-corrected chi connectivity index (χ3v) is 3.27. The highest BCUT2D eigenvalue weighted by molar-refractivity contribution is 9.10. The van der Waals surface area contributed by atoms with E-state index in [2.05, 4.69) is 31.4 Å². The quantitative estimate of drug-likeness (QED) is 0.942. The van der Waals surface area contributed by atoms with Gasteiger partial charge >= 0.3 is 0 Å². The maximum Gasteiger partial charge on any atom is 0.258 e. The lowest BCUT2D eigenvalue weighted by Crippen LogP contribution is -2.12. The Hall–Kier alpha value is -1.20. The van der Waals surface area contributed by atoms with Crippen LogP contribution < -0.4 is 5.32 Å². The molecular weight excluding hydrogens is 282 g/mol. The molecule has 4 nitrogen and oxygen atoms in total. The van der Waals surface area contributed by atoms with Crippen molar-refractivity contribution in [2.75, 3.05) is 6.54 Å². The summed E-state index contributed by atoms with van der Waals surface area (Å²) in [6.45, 7) is 5.60. The first-order chi connectivity index (χ1) is 8.20. The molecule has 90 valence electrons. The highest BCUT2D eigenvalue weighted by Crippen LogP contribution is 2.24. The maximum atomic E-state index is 5.22. The van der Waals surface area contributed by atoms with Gasteiger partial charge in [-0.05, 0) is 31.2 Å². The highest BCUT2D eigenvalue weighted by Gasteiger charge is 2.09. The summed E-state index contributed by atoms with van der Waals surface area (Å²) in [6.07, 6.45) is 0. The zero-order valence-electron chi connectivity index (χ0n) is 9.83. The molecule has 2 aromatic rings. The molecular formula is C12H14BrN3O. The molecule has 0 aliphatic carbocycles. The van der Waals surface area contributed by atoms with E-state index in [4.69, 9.17) is 4.52 Å². The number of nitrogens with zero attached hydrogens (tertiary/aromatic N) is 2. The van der Waals surface area contributed by atoms with Crippen LogP contribution in [0.3, 0.4) is 0 Å². The predicted molar refractivity (Wildman–Crippen MR) is 69.6 cm³/mol. The van der Waals surface area contributed by atoms with Gasteiger partial charge in [-0.2, -0.15) is 4.98 Å². The summed E-state index contributed by atoms with van der Waals surface area (Å²) in [7, 11) is 0. The molecule has 5 heteroatoms. The molecule has 0 amide bonds. The lowest BCUT2D eigenvalue weighted by atomic mass is 10.1. The van der Waals surface area contributed by atoms with E-state index in [0.717, 1.165) is 16.6 Å². The summed E-state index contributed by atoms with van der Waals surface area (Å²) >= 11 is 3.49. The second kappa shape index (κ2) is 5.42. The van der Waals surface area contributed by atoms with Gasteiger partial charge in [0.05, 0.1) is 6.54 Å². The van der Waals surface area contributed by atoms with Crippen molar-refractivity contribution in [3.05, 3.63) is 34.1 Å². The smallest absolute Gasteiger partial charge is 0.258 e. The van der Waals surface area contributed by atoms with E-state index >= 15 is 0 Å². The van der Waals surface area contributed by atoms with Gasteiger partial charge in [0.25, 0.3) is 5.89 Å². The molecule has 0 saturated heterocycles. The van der Waals surface area contributed by atoms with Gasteiger partial charge in [0, 0.05) is 10.0 Å². The molecule has 0 spiro atoms. The molecule has 0 radical (unpaired) electrons. The van der Waals surface area contributed by atoms with Crippen molar-refractivity contribution in [1.29, 1.82) is 0 Å². The van der Waals surface area contributed by atoms with Crippen molar-refractivity contribution in [2.24, 2.45) is 0 Å². The van der Waals surface area contributed by atoms with Crippen molar-refractivity contribution < 1.29 is 4.52 Å². The summed E-state index contributed by atoms with van der Waals surface area (Å²) in [4.78, 5) is 4.33. The Bertz CT molecular complexity index is 510. The average molecular weight is 296 g/mol. The molecule has 1 heterocycles. The van der Waals surface area contributed by atoms with Crippen LogP contribution in [0.5, 0.6) is 0 Å². The summed E-state index contributed by atoms with van der Waals surface area (Å²) in [6, 6.07) is 5.98. The van der Waals surface area contributed by atoms with E-state index in [1.807, 2.05) is 32.0 Å². The second-order valence-electron chi connectivity index (χ2n) is 3.76. The van der Waals surface area contributed by atoms with Crippen LogP contribution in [-0.4, -0.2) is 16.7 Å². The number of hydrogen-bond acceptors (Lipinski definition) is 4. The number of aromatic nitrogens is 2. The van der Waals surface area contributed by atoms with Crippen molar-refractivity contribution in [2.45, 2.75) is 20.4 Å². The number of nitrogens with one attached hydrogen (secondary N) is 1. The van der Waals surface area contributed by atoms with E-state index in [1.165, 1.54) is 5.56 Å². The van der Waals surface area contributed by atoms with Crippen LogP contribution in [0.4, 0.5) is 0 Å². The van der Waals surface area contributed by atoms with Crippen LogP contribution in [0.1, 0.15) is 18.3 Å². The molecule has 2 rings (SSSR count). The minimum atomic E-state index is 0.554. The van der Waals surface area contributed by atoms with Gasteiger partial charge < -0.3 is 9.84 Å². The van der Waals surface area contributed by atoms with Crippen molar-refractivity contribution in [3.8, 4) is 11.5 Å². The monoisotopic (exact) mass is 295 g/mol. The predicted octanol–water partition coefficient (Wildman–Crippen LogP) is 2.92. The zero-order chi connectivity index (χ0) is 12.3. The van der Waals surface area contributed by atoms with E-state index in [9.17, 15) is 0 Å². The Balaban J connectivity index is 2.21. The van der Waals surface area contributed by atoms with Gasteiger partial charge in [-0.1, -0.05) is 34.1 Å². The largest absolute Gasteiger partial charge is 0.334 e. The van der Waals surface area contributed by atoms with Gasteiger partial charge in [0.2, 0.25) is 0 Å². The van der Waals surface area contributed by atoms with E-state index < -0.39 is 0 Å². The summed E-state index contributed by atoms with van der Waals surface area (Å²) in [5.74, 6) is 1.23. The fourth-order valence-electron chi connectivity index (χ4n) is 1.41. The van der Waals surface area contributed by atoms with E-state index in [-0.39, 0.29) is 0 Å². The first-order valence-corrected chi connectivity index (χ1v) is 6.30. The molecule has 0 atom stereocenters. The third kappa shape index (κ3) is 2.92. The summed E-state index contributed by atoms with van der Waals surface area (Å²) in [5, 5.41) is 7.07. The van der Waals surface area contributed by atoms with Crippen molar-refractivity contribution in [3.63, 3.8) is 0 Å². The van der Waals surface area contributed by atoms with Crippen LogP contribution in [0.15, 0.2) is 27.2 Å². The summed E-state index contributed by atoms with van der Waals surface area (Å²) in [5.41, 5.74) is 2.11. The number of aryl methyl sites for hydroxylation is 1. The maximum absolute atomic E-state index is 5.22. The molecule has 0 saturated carbocycles. The molecule has 0 unspecified atom stereocenters. The number of halogens is 1. The lowest BCUT2D eigenvalue weighted by Gasteiger charge is -1.99. The Morgan fingerprint density at radius 3 is 2.94 bits per heavy atom. The van der Waals surface area contributed by atoms with Crippen LogP contribution >= 0.6 is 15.9 Å². The number of benzene rings is 1. The highest BCUT2D eigenvalue weighted by atomic mass is 79.9. The van der Waals surface area contributed by atoms with Gasteiger partial charge in [0.1, 0.15) is 0 Å². The minimum absolute atomic E-state index is 0.554. The van der Waals surface area contributed by atoms with Crippen LogP contribution in [-0.2, 0) is 6.54 Å². The molecule has 1 aromatic heterocycles. The first-order valence-electron chi connectivity index (χ1n) is 5.50. The molecule has 17 heavy (non-hydrogen) atoms. The SMILES string of the molecule is CCNCc1noc(-c2ccc(C)c(Br)c2)n1. The molecule has 0 fully saturated rings. The average Bonchev–Trinajstić information content (AvgIpc) is 2.79. The molecule has 1 aromatic carbocycles. The Kier molecular flexibility index (Phi) is 3.91. The van der Waals surface area contributed by atoms with Crippen LogP contribution in [0.2, 0.25) is 0 Å². The normalized spacial score (nSPS) is 10.8. The molecule has 1 N–H and O–H groups in total. The number of rotatable bonds is 4. The van der Waals surface area contributed by atoms with Crippen LogP contribution in [0, 0.1) is 6.92 Å². The molecule has 0 aliphatic heterocycles. The van der Waals surface area contributed by atoms with Gasteiger partial charge in [-0.15, -0.1) is 0 Å². The van der Waals surface area contributed by atoms with Gasteiger partial charge in [0.15, 0.2) is 5.82 Å². The minimum Gasteiger partial charge on any atom is -0.334 e. The fraction of sp³-hybridized carbons (Fsp3) is 0.333. The van der Waals surface area contributed by atoms with Crippen molar-refractivity contribution >= 4 is 15.9 Å². The first kappa shape index (κ1) is 12.3. The standard InChI is InChI=1S/C12H14BrN3O/c1-3-14-7-11-15-12(17-16-11)9-5-4-8(2)10(13)6-9/h4-6,14H,3,7H2,1-2H3. The third-order valence-electron chi connectivity index (χ3n) is 2.42. The molecule has 0 bridgehead atoms. The zero-order valence-corrected chi connectivity index (χ0v) is 11.4. The molecule has 0 aliphatic rings. The lowest BCUT2D eigenvalue weighted by molar-refractivity contribution is 0.420. The van der Waals surface area contributed by atoms with E-state index in [1.54, 1.807) is 0 Å². The fourth-order valence-corrected chi connectivity index (χ4v) is 1.78.